The van der Waals surface area contributed by atoms with Crippen LogP contribution in [0.5, 0.6) is 11.5 Å². The normalized spacial score (nSPS) is 18.9. The van der Waals surface area contributed by atoms with Gasteiger partial charge < -0.3 is 15.0 Å². The lowest BCUT2D eigenvalue weighted by Crippen LogP contribution is -2.47. The lowest BCUT2D eigenvalue weighted by atomic mass is 9.72. The van der Waals surface area contributed by atoms with Gasteiger partial charge in [0, 0.05) is 86.5 Å². The summed E-state index contributed by atoms with van der Waals surface area (Å²) in [4.78, 5) is 39.9. The summed E-state index contributed by atoms with van der Waals surface area (Å²) in [5, 5.41) is 24.9. The number of benzene rings is 3. The van der Waals surface area contributed by atoms with E-state index in [1.807, 2.05) is 29.2 Å². The first-order valence-corrected chi connectivity index (χ1v) is 22.6. The third kappa shape index (κ3) is 9.61. The molecule has 4 aromatic rings. The van der Waals surface area contributed by atoms with Gasteiger partial charge in [-0.1, -0.05) is 55.3 Å². The Hall–Kier alpha value is -5.86. The van der Waals surface area contributed by atoms with Crippen LogP contribution in [0.15, 0.2) is 88.4 Å². The average Bonchev–Trinajstić information content (AvgIpc) is 3.92. The molecule has 17 heteroatoms. The molecule has 2 fully saturated rings. The lowest BCUT2D eigenvalue weighted by molar-refractivity contribution is -0.384. The van der Waals surface area contributed by atoms with Crippen LogP contribution in [-0.2, 0) is 16.6 Å². The molecule has 2 saturated heterocycles. The number of nitriles is 1. The van der Waals surface area contributed by atoms with Crippen molar-refractivity contribution in [2.24, 2.45) is 10.4 Å². The van der Waals surface area contributed by atoms with Crippen LogP contribution in [-0.4, -0.2) is 98.6 Å². The number of halogens is 1. The molecule has 62 heavy (non-hydrogen) atoms. The number of rotatable bonds is 13. The molecular weight excluding hydrogens is 830 g/mol. The highest BCUT2D eigenvalue weighted by Gasteiger charge is 2.32. The van der Waals surface area contributed by atoms with Crippen LogP contribution in [0.4, 0.5) is 17.2 Å². The van der Waals surface area contributed by atoms with Gasteiger partial charge in [-0.15, -0.1) is 0 Å². The fourth-order valence-corrected chi connectivity index (χ4v) is 9.71. The molecule has 1 aromatic heterocycles. The number of carbonyl (C=O) groups is 1. The highest BCUT2D eigenvalue weighted by atomic mass is 35.5. The van der Waals surface area contributed by atoms with Crippen molar-refractivity contribution in [2.75, 3.05) is 62.6 Å². The maximum Gasteiger partial charge on any atom is 0.312 e. The van der Waals surface area contributed by atoms with Crippen molar-refractivity contribution in [1.29, 1.82) is 5.26 Å². The van der Waals surface area contributed by atoms with Crippen LogP contribution in [0.1, 0.15) is 66.6 Å². The van der Waals surface area contributed by atoms with Gasteiger partial charge in [0.05, 0.1) is 35.8 Å². The molecule has 0 unspecified atom stereocenters. The van der Waals surface area contributed by atoms with Gasteiger partial charge in [-0.3, -0.25) is 29.7 Å². The Morgan fingerprint density at radius 2 is 1.84 bits per heavy atom. The summed E-state index contributed by atoms with van der Waals surface area (Å²) in [7, 11) is -4.64. The van der Waals surface area contributed by atoms with Crippen molar-refractivity contribution in [2.45, 2.75) is 57.0 Å². The number of likely N-dealkylation sites (tertiary alicyclic amines) is 1. The zero-order chi connectivity index (χ0) is 43.6. The number of carbonyl (C=O) groups excluding carboxylic acids is 1. The molecule has 1 aliphatic carbocycles. The van der Waals surface area contributed by atoms with Crippen LogP contribution in [0.3, 0.4) is 0 Å². The molecule has 0 bridgehead atoms. The Balaban J connectivity index is 1.01. The van der Waals surface area contributed by atoms with Gasteiger partial charge in [0.15, 0.2) is 0 Å². The molecule has 1 amide bonds. The third-order valence-electron chi connectivity index (χ3n) is 12.1. The second-order valence-corrected chi connectivity index (χ2v) is 19.1. The summed E-state index contributed by atoms with van der Waals surface area (Å²) in [5.74, 6) is -0.483. The summed E-state index contributed by atoms with van der Waals surface area (Å²) in [6, 6.07) is 21.5. The standard InChI is InChI=1S/C45H48ClN9O6S/c1-45(2)14-12-32(38(24-45)30-6-8-33(46)9-7-30)28-53-18-20-54(21-19-53)35-10-11-37(42(22-35)61-41-5-3-4-31-25-48-27-39(31)41)44(56)51-62(59,60)36-23-40(55(57)58)43(49-26-36)50-34-13-16-52(29-34)17-15-47/h3-11,22-23,26-27,34H,12-14,16-21,24-25,28-29H2,1-2H3,(H,49,50)(H,51,56)/t34-/m1/s1. The first kappa shape index (κ1) is 42.8. The van der Waals surface area contributed by atoms with Crippen LogP contribution in [0.25, 0.3) is 5.57 Å². The van der Waals surface area contributed by atoms with Crippen molar-refractivity contribution in [3.8, 4) is 17.6 Å². The molecule has 3 aromatic carbocycles. The molecule has 3 aliphatic heterocycles. The molecule has 0 radical (unpaired) electrons. The van der Waals surface area contributed by atoms with E-state index in [0.717, 1.165) is 86.1 Å². The maximum absolute atomic E-state index is 14.0. The number of ether oxygens (including phenoxy) is 1. The quantitative estimate of drug-likeness (QED) is 0.0778. The molecule has 15 nitrogen and oxygen atoms in total. The van der Waals surface area contributed by atoms with Gasteiger partial charge in [0.2, 0.25) is 5.82 Å². The minimum atomic E-state index is -4.64. The van der Waals surface area contributed by atoms with E-state index in [0.29, 0.717) is 31.8 Å². The van der Waals surface area contributed by atoms with E-state index in [9.17, 15) is 23.3 Å². The number of nitrogens with zero attached hydrogens (tertiary/aromatic N) is 7. The monoisotopic (exact) mass is 877 g/mol. The van der Waals surface area contributed by atoms with Crippen LogP contribution in [0.2, 0.25) is 5.02 Å². The molecule has 0 spiro atoms. The van der Waals surface area contributed by atoms with Gasteiger partial charge >= 0.3 is 5.69 Å². The lowest BCUT2D eigenvalue weighted by Gasteiger charge is -2.39. The number of nitrogens with one attached hydrogen (secondary N) is 2. The predicted octanol–water partition coefficient (Wildman–Crippen LogP) is 7.28. The topological polar surface area (TPSA) is 186 Å². The largest absolute Gasteiger partial charge is 0.456 e. The fourth-order valence-electron chi connectivity index (χ4n) is 8.65. The molecule has 8 rings (SSSR count). The maximum atomic E-state index is 14.0. The molecule has 4 heterocycles. The van der Waals surface area contributed by atoms with Gasteiger partial charge in [-0.05, 0) is 78.1 Å². The minimum absolute atomic E-state index is 0.0470. The van der Waals surface area contributed by atoms with E-state index < -0.39 is 31.4 Å². The van der Waals surface area contributed by atoms with Gasteiger partial charge in [0.1, 0.15) is 16.4 Å². The Morgan fingerprint density at radius 3 is 2.60 bits per heavy atom. The predicted molar refractivity (Wildman–Crippen MR) is 239 cm³/mol. The number of sulfonamides is 1. The zero-order valence-corrected chi connectivity index (χ0v) is 36.2. The van der Waals surface area contributed by atoms with E-state index in [-0.39, 0.29) is 35.1 Å². The Kier molecular flexibility index (Phi) is 12.3. The van der Waals surface area contributed by atoms with Crippen molar-refractivity contribution in [3.63, 3.8) is 0 Å². The zero-order valence-electron chi connectivity index (χ0n) is 34.6. The van der Waals surface area contributed by atoms with Gasteiger partial charge in [-0.25, -0.2) is 18.1 Å². The third-order valence-corrected chi connectivity index (χ3v) is 13.6. The summed E-state index contributed by atoms with van der Waals surface area (Å²) in [5.41, 5.74) is 6.24. The van der Waals surface area contributed by atoms with Crippen molar-refractivity contribution >= 4 is 56.5 Å². The average molecular weight is 878 g/mol. The van der Waals surface area contributed by atoms with E-state index in [1.165, 1.54) is 22.8 Å². The van der Waals surface area contributed by atoms with Crippen molar-refractivity contribution < 1.29 is 22.9 Å². The fraction of sp³-hybridized carbons (Fsp3) is 0.378. The molecule has 0 saturated carbocycles. The van der Waals surface area contributed by atoms with Gasteiger partial charge in [0.25, 0.3) is 15.9 Å². The summed E-state index contributed by atoms with van der Waals surface area (Å²) in [6.45, 7) is 10.4. The van der Waals surface area contributed by atoms with Crippen LogP contribution < -0.4 is 19.7 Å². The Bertz CT molecular complexity index is 2600. The number of amides is 1. The molecule has 2 N–H and O–H groups in total. The summed E-state index contributed by atoms with van der Waals surface area (Å²) in [6.07, 6.45) is 6.50. The number of pyridine rings is 1. The number of nitro groups is 1. The summed E-state index contributed by atoms with van der Waals surface area (Å²) < 4.78 is 35.9. The summed E-state index contributed by atoms with van der Waals surface area (Å²) >= 11 is 6.24. The van der Waals surface area contributed by atoms with Gasteiger partial charge in [-0.2, -0.15) is 5.26 Å². The Labute approximate surface area is 366 Å². The minimum Gasteiger partial charge on any atom is -0.456 e. The second kappa shape index (κ2) is 17.9. The SMILES string of the molecule is CC1(C)CCC(CN2CCN(c3ccc(C(=O)NS(=O)(=O)c4cnc(N[C@@H]5CCN(CC#N)C5)c([N+](=O)[O-])c4)c(Oc4cccc5c4C=NC5)c3)CC2)=C(c2ccc(Cl)cc2)C1. The van der Waals surface area contributed by atoms with Crippen LogP contribution in [0, 0.1) is 26.9 Å². The number of fused-ring (bicyclic) bond motifs is 1. The second-order valence-electron chi connectivity index (χ2n) is 17.0. The highest BCUT2D eigenvalue weighted by Crippen LogP contribution is 2.43. The first-order valence-electron chi connectivity index (χ1n) is 20.7. The van der Waals surface area contributed by atoms with E-state index in [2.05, 4.69) is 61.9 Å². The Morgan fingerprint density at radius 1 is 1.05 bits per heavy atom. The number of allylic oxidation sites excluding steroid dienone is 1. The van der Waals surface area contributed by atoms with Crippen LogP contribution >= 0.6 is 11.6 Å². The number of anilines is 2. The molecule has 1 atom stereocenters. The number of aliphatic imine (C=N–C) groups is 1. The number of aromatic nitrogens is 1. The number of hydrogen-bond acceptors (Lipinski definition) is 13. The number of piperazine rings is 1. The molecular formula is C45H48ClN9O6S. The number of hydrogen-bond donors (Lipinski definition) is 2. The van der Waals surface area contributed by atoms with E-state index >= 15 is 0 Å². The van der Waals surface area contributed by atoms with Crippen molar-refractivity contribution in [3.05, 3.63) is 116 Å². The van der Waals surface area contributed by atoms with E-state index in [1.54, 1.807) is 24.4 Å². The highest BCUT2D eigenvalue weighted by molar-refractivity contribution is 7.90. The smallest absolute Gasteiger partial charge is 0.312 e. The molecule has 4 aliphatic rings. The first-order chi connectivity index (χ1) is 29.7. The van der Waals surface area contributed by atoms with E-state index in [4.69, 9.17) is 21.6 Å². The van der Waals surface area contributed by atoms with Crippen molar-refractivity contribution in [1.82, 2.24) is 19.5 Å². The molecule has 322 valence electrons.